The summed E-state index contributed by atoms with van der Waals surface area (Å²) in [6.07, 6.45) is 3.96. The fraction of sp³-hybridized carbons (Fsp3) is 0.417. The van der Waals surface area contributed by atoms with Crippen LogP contribution in [0.4, 0.5) is 0 Å². The zero-order valence-corrected chi connectivity index (χ0v) is 18.6. The van der Waals surface area contributed by atoms with Crippen molar-refractivity contribution in [1.29, 1.82) is 0 Å². The van der Waals surface area contributed by atoms with E-state index in [0.29, 0.717) is 30.2 Å². The van der Waals surface area contributed by atoms with E-state index in [4.69, 9.17) is 16.0 Å². The maximum atomic E-state index is 12.9. The zero-order valence-electron chi connectivity index (χ0n) is 17.9. The van der Waals surface area contributed by atoms with Crippen LogP contribution in [0.15, 0.2) is 47.1 Å². The molecule has 2 N–H and O–H groups in total. The second kappa shape index (κ2) is 9.18. The van der Waals surface area contributed by atoms with Gasteiger partial charge in [-0.1, -0.05) is 18.5 Å². The third-order valence-electron chi connectivity index (χ3n) is 6.24. The van der Waals surface area contributed by atoms with E-state index in [1.165, 1.54) is 0 Å². The highest BCUT2D eigenvalue weighted by Gasteiger charge is 2.31. The molecule has 164 valence electrons. The lowest BCUT2D eigenvalue weighted by atomic mass is 9.84. The van der Waals surface area contributed by atoms with Crippen LogP contribution in [0.3, 0.4) is 0 Å². The number of piperidine rings is 1. The molecule has 2 unspecified atom stereocenters. The van der Waals surface area contributed by atoms with Crippen LogP contribution in [0.25, 0.3) is 10.9 Å². The molecule has 0 bridgehead atoms. The summed E-state index contributed by atoms with van der Waals surface area (Å²) < 4.78 is 5.36. The van der Waals surface area contributed by atoms with Gasteiger partial charge in [-0.3, -0.25) is 9.59 Å². The lowest BCUT2D eigenvalue weighted by molar-refractivity contribution is -0.127. The van der Waals surface area contributed by atoms with Gasteiger partial charge in [0.1, 0.15) is 11.5 Å². The van der Waals surface area contributed by atoms with Crippen LogP contribution in [0.5, 0.6) is 0 Å². The Kier molecular flexibility index (Phi) is 6.37. The van der Waals surface area contributed by atoms with Gasteiger partial charge in [0.05, 0.1) is 6.26 Å². The SMILES string of the molecule is CC(Cc1ccco1)NC(=O)C(C)C1CCN(C(=O)c2cc3cc(Cl)ccc3[nH]2)CC1. The van der Waals surface area contributed by atoms with Crippen LogP contribution in [-0.2, 0) is 11.2 Å². The van der Waals surface area contributed by atoms with E-state index in [2.05, 4.69) is 10.3 Å². The number of hydrogen-bond acceptors (Lipinski definition) is 3. The molecule has 31 heavy (non-hydrogen) atoms. The monoisotopic (exact) mass is 441 g/mol. The highest BCUT2D eigenvalue weighted by Crippen LogP contribution is 2.27. The summed E-state index contributed by atoms with van der Waals surface area (Å²) in [5.41, 5.74) is 1.48. The van der Waals surface area contributed by atoms with Crippen molar-refractivity contribution in [3.05, 3.63) is 59.1 Å². The third-order valence-corrected chi connectivity index (χ3v) is 6.47. The Morgan fingerprint density at radius 1 is 1.23 bits per heavy atom. The van der Waals surface area contributed by atoms with Crippen LogP contribution >= 0.6 is 11.6 Å². The summed E-state index contributed by atoms with van der Waals surface area (Å²) in [7, 11) is 0. The third kappa shape index (κ3) is 4.96. The standard InChI is InChI=1S/C24H28ClN3O3/c1-15(12-20-4-3-11-31-20)26-23(29)16(2)17-7-9-28(10-8-17)24(30)22-14-18-13-19(25)5-6-21(18)27-22/h3-6,11,13-17,27H,7-10,12H2,1-2H3,(H,26,29). The van der Waals surface area contributed by atoms with Gasteiger partial charge in [0.2, 0.25) is 5.91 Å². The first-order chi connectivity index (χ1) is 14.9. The van der Waals surface area contributed by atoms with E-state index in [0.717, 1.165) is 29.5 Å². The van der Waals surface area contributed by atoms with E-state index in [1.807, 2.05) is 55.1 Å². The van der Waals surface area contributed by atoms with Crippen LogP contribution in [0, 0.1) is 11.8 Å². The predicted molar refractivity (Wildman–Crippen MR) is 121 cm³/mol. The molecule has 0 spiro atoms. The van der Waals surface area contributed by atoms with Gasteiger partial charge in [-0.2, -0.15) is 0 Å². The molecule has 7 heteroatoms. The number of likely N-dealkylation sites (tertiary alicyclic amines) is 1. The van der Waals surface area contributed by atoms with Gasteiger partial charge in [0, 0.05) is 47.4 Å². The van der Waals surface area contributed by atoms with Crippen molar-refractivity contribution < 1.29 is 14.0 Å². The molecular formula is C24H28ClN3O3. The highest BCUT2D eigenvalue weighted by molar-refractivity contribution is 6.31. The van der Waals surface area contributed by atoms with Crippen molar-refractivity contribution in [2.75, 3.05) is 13.1 Å². The molecule has 2 atom stereocenters. The van der Waals surface area contributed by atoms with Gasteiger partial charge in [0.15, 0.2) is 0 Å². The number of fused-ring (bicyclic) bond motifs is 1. The minimum atomic E-state index is -0.0912. The number of aromatic amines is 1. The van der Waals surface area contributed by atoms with E-state index in [9.17, 15) is 9.59 Å². The lowest BCUT2D eigenvalue weighted by Crippen LogP contribution is -2.44. The fourth-order valence-corrected chi connectivity index (χ4v) is 4.54. The molecule has 1 aliphatic rings. The Labute approximate surface area is 186 Å². The van der Waals surface area contributed by atoms with Crippen molar-refractivity contribution in [2.24, 2.45) is 11.8 Å². The number of aromatic nitrogens is 1. The summed E-state index contributed by atoms with van der Waals surface area (Å²) in [5.74, 6) is 1.10. The molecular weight excluding hydrogens is 414 g/mol. The maximum absolute atomic E-state index is 12.9. The van der Waals surface area contributed by atoms with Crippen LogP contribution in [0.2, 0.25) is 5.02 Å². The number of benzene rings is 1. The number of rotatable bonds is 6. The van der Waals surface area contributed by atoms with Gasteiger partial charge < -0.3 is 19.6 Å². The number of carbonyl (C=O) groups excluding carboxylic acids is 2. The molecule has 1 fully saturated rings. The van der Waals surface area contributed by atoms with E-state index < -0.39 is 0 Å². The van der Waals surface area contributed by atoms with Gasteiger partial charge in [0.25, 0.3) is 5.91 Å². The van der Waals surface area contributed by atoms with E-state index in [-0.39, 0.29) is 29.7 Å². The van der Waals surface area contributed by atoms with Crippen LogP contribution in [-0.4, -0.2) is 40.8 Å². The molecule has 1 aromatic carbocycles. The van der Waals surface area contributed by atoms with E-state index in [1.54, 1.807) is 6.26 Å². The summed E-state index contributed by atoms with van der Waals surface area (Å²) in [6, 6.07) is 11.2. The van der Waals surface area contributed by atoms with Crippen LogP contribution in [0.1, 0.15) is 42.9 Å². The summed E-state index contributed by atoms with van der Waals surface area (Å²) in [6.45, 7) is 5.28. The molecule has 1 saturated heterocycles. The molecule has 0 radical (unpaired) electrons. The Bertz CT molecular complexity index is 1050. The minimum absolute atomic E-state index is 0.00468. The Morgan fingerprint density at radius 2 is 2.00 bits per heavy atom. The molecule has 6 nitrogen and oxygen atoms in total. The van der Waals surface area contributed by atoms with Crippen molar-refractivity contribution in [2.45, 2.75) is 39.2 Å². The first-order valence-corrected chi connectivity index (χ1v) is 11.2. The fourth-order valence-electron chi connectivity index (χ4n) is 4.36. The number of amides is 2. The first kappa shape index (κ1) is 21.5. The van der Waals surface area contributed by atoms with Crippen molar-refractivity contribution >= 4 is 34.3 Å². The number of furan rings is 1. The minimum Gasteiger partial charge on any atom is -0.469 e. The zero-order chi connectivity index (χ0) is 22.0. The molecule has 3 heterocycles. The van der Waals surface area contributed by atoms with Gasteiger partial charge in [-0.05, 0) is 62.1 Å². The molecule has 2 aromatic heterocycles. The number of carbonyl (C=O) groups is 2. The lowest BCUT2D eigenvalue weighted by Gasteiger charge is -2.34. The second-order valence-electron chi connectivity index (χ2n) is 8.53. The highest BCUT2D eigenvalue weighted by atomic mass is 35.5. The van der Waals surface area contributed by atoms with Gasteiger partial charge >= 0.3 is 0 Å². The number of nitrogens with one attached hydrogen (secondary N) is 2. The maximum Gasteiger partial charge on any atom is 0.270 e. The average Bonchev–Trinajstić information content (AvgIpc) is 3.42. The molecule has 0 saturated carbocycles. The number of halogens is 1. The predicted octanol–water partition coefficient (Wildman–Crippen LogP) is 4.65. The molecule has 4 rings (SSSR count). The Hall–Kier alpha value is -2.73. The average molecular weight is 442 g/mol. The molecule has 0 aliphatic carbocycles. The largest absolute Gasteiger partial charge is 0.469 e. The van der Waals surface area contributed by atoms with Crippen molar-refractivity contribution in [1.82, 2.24) is 15.2 Å². The van der Waals surface area contributed by atoms with Gasteiger partial charge in [-0.15, -0.1) is 0 Å². The van der Waals surface area contributed by atoms with E-state index >= 15 is 0 Å². The topological polar surface area (TPSA) is 78.3 Å². The van der Waals surface area contributed by atoms with Crippen molar-refractivity contribution in [3.63, 3.8) is 0 Å². The second-order valence-corrected chi connectivity index (χ2v) is 8.96. The molecule has 3 aromatic rings. The number of hydrogen-bond donors (Lipinski definition) is 2. The molecule has 2 amide bonds. The summed E-state index contributed by atoms with van der Waals surface area (Å²) in [4.78, 5) is 30.7. The normalized spacial score (nSPS) is 16.9. The van der Waals surface area contributed by atoms with Crippen molar-refractivity contribution in [3.8, 4) is 0 Å². The first-order valence-electron chi connectivity index (χ1n) is 10.8. The Balaban J connectivity index is 1.29. The number of H-pyrrole nitrogens is 1. The smallest absolute Gasteiger partial charge is 0.270 e. The van der Waals surface area contributed by atoms with Crippen LogP contribution < -0.4 is 5.32 Å². The number of nitrogens with zero attached hydrogens (tertiary/aromatic N) is 1. The molecule has 1 aliphatic heterocycles. The summed E-state index contributed by atoms with van der Waals surface area (Å²) >= 11 is 6.05. The Morgan fingerprint density at radius 3 is 2.71 bits per heavy atom. The summed E-state index contributed by atoms with van der Waals surface area (Å²) in [5, 5.41) is 4.68. The quantitative estimate of drug-likeness (QED) is 0.584. The van der Waals surface area contributed by atoms with Gasteiger partial charge in [-0.25, -0.2) is 0 Å².